The van der Waals surface area contributed by atoms with Crippen LogP contribution in [0.4, 0.5) is 5.69 Å². The number of hydrogen-bond acceptors (Lipinski definition) is 6. The third-order valence-corrected chi connectivity index (χ3v) is 7.54. The zero-order valence-electron chi connectivity index (χ0n) is 20.4. The van der Waals surface area contributed by atoms with E-state index in [0.29, 0.717) is 23.3 Å². The molecule has 8 heteroatoms. The summed E-state index contributed by atoms with van der Waals surface area (Å²) < 4.78 is 5.50. The maximum atomic E-state index is 13.4. The lowest BCUT2D eigenvalue weighted by molar-refractivity contribution is -0.137. The normalized spacial score (nSPS) is 19.2. The molecule has 2 aliphatic heterocycles. The summed E-state index contributed by atoms with van der Waals surface area (Å²) in [4.78, 5) is 24.6. The van der Waals surface area contributed by atoms with Crippen LogP contribution in [0, 0.1) is 19.8 Å². The topological polar surface area (TPSA) is 65.7 Å². The van der Waals surface area contributed by atoms with Crippen LogP contribution in [0.5, 0.6) is 0 Å². The van der Waals surface area contributed by atoms with Crippen LogP contribution in [0.1, 0.15) is 29.9 Å². The molecule has 5 rings (SSSR count). The molecule has 3 aromatic rings. The fourth-order valence-electron chi connectivity index (χ4n) is 5.13. The first kappa shape index (κ1) is 23.8. The number of nitrogens with zero attached hydrogens (tertiary/aromatic N) is 5. The number of piperazine rings is 1. The van der Waals surface area contributed by atoms with Crippen LogP contribution < -0.4 is 4.90 Å². The lowest BCUT2D eigenvalue weighted by Gasteiger charge is -2.40. The summed E-state index contributed by atoms with van der Waals surface area (Å²) in [5.74, 6) is 1.44. The molecule has 1 atom stereocenters. The number of carbonyl (C=O) groups is 1. The van der Waals surface area contributed by atoms with E-state index in [4.69, 9.17) is 16.1 Å². The highest BCUT2D eigenvalue weighted by molar-refractivity contribution is 6.30. The Hall–Kier alpha value is -2.90. The van der Waals surface area contributed by atoms with Crippen molar-refractivity contribution in [2.24, 2.45) is 5.92 Å². The quantitative estimate of drug-likeness (QED) is 0.519. The average Bonchev–Trinajstić information content (AvgIpc) is 3.34. The molecular weight excluding hydrogens is 462 g/mol. The predicted octanol–water partition coefficient (Wildman–Crippen LogP) is 4.57. The number of carbonyl (C=O) groups excluding carboxylic acids is 1. The summed E-state index contributed by atoms with van der Waals surface area (Å²) in [6.45, 7) is 9.86. The molecule has 2 fully saturated rings. The molecule has 2 aromatic carbocycles. The van der Waals surface area contributed by atoms with Gasteiger partial charge in [-0.05, 0) is 74.7 Å². The van der Waals surface area contributed by atoms with Gasteiger partial charge in [0.15, 0.2) is 0 Å². The number of aromatic nitrogens is 2. The van der Waals surface area contributed by atoms with E-state index in [1.54, 1.807) is 0 Å². The largest absolute Gasteiger partial charge is 0.368 e. The highest BCUT2D eigenvalue weighted by Gasteiger charge is 2.32. The van der Waals surface area contributed by atoms with Gasteiger partial charge >= 0.3 is 0 Å². The third kappa shape index (κ3) is 5.36. The zero-order chi connectivity index (χ0) is 24.4. The maximum Gasteiger partial charge on any atom is 0.241 e. The van der Waals surface area contributed by atoms with Crippen LogP contribution in [-0.4, -0.2) is 65.1 Å². The number of aryl methyl sites for hydroxylation is 1. The number of piperidine rings is 1. The second-order valence-electron chi connectivity index (χ2n) is 9.62. The van der Waals surface area contributed by atoms with Gasteiger partial charge < -0.3 is 14.3 Å². The van der Waals surface area contributed by atoms with Gasteiger partial charge in [-0.15, -0.1) is 0 Å². The first-order chi connectivity index (χ1) is 17.0. The minimum Gasteiger partial charge on any atom is -0.368 e. The number of anilines is 1. The average molecular weight is 494 g/mol. The molecule has 2 aliphatic rings. The van der Waals surface area contributed by atoms with Crippen molar-refractivity contribution in [1.82, 2.24) is 19.9 Å². The van der Waals surface area contributed by atoms with Crippen molar-refractivity contribution in [3.8, 4) is 11.4 Å². The number of amides is 1. The van der Waals surface area contributed by atoms with Crippen LogP contribution in [0.15, 0.2) is 47.0 Å². The van der Waals surface area contributed by atoms with Crippen molar-refractivity contribution in [1.29, 1.82) is 0 Å². The van der Waals surface area contributed by atoms with Gasteiger partial charge in [0.25, 0.3) is 0 Å². The molecule has 3 heterocycles. The Morgan fingerprint density at radius 1 is 1.06 bits per heavy atom. The van der Waals surface area contributed by atoms with E-state index < -0.39 is 0 Å². The predicted molar refractivity (Wildman–Crippen MR) is 137 cm³/mol. The molecule has 1 aromatic heterocycles. The molecule has 35 heavy (non-hydrogen) atoms. The van der Waals surface area contributed by atoms with E-state index in [2.05, 4.69) is 56.9 Å². The van der Waals surface area contributed by atoms with E-state index in [1.807, 2.05) is 24.3 Å². The summed E-state index contributed by atoms with van der Waals surface area (Å²) in [5.41, 5.74) is 4.80. The molecule has 0 aliphatic carbocycles. The number of halogens is 1. The molecule has 184 valence electrons. The molecule has 0 spiro atoms. The van der Waals surface area contributed by atoms with Gasteiger partial charge in [0, 0.05) is 49.0 Å². The van der Waals surface area contributed by atoms with Crippen molar-refractivity contribution in [3.05, 3.63) is 64.5 Å². The Morgan fingerprint density at radius 2 is 1.83 bits per heavy atom. The van der Waals surface area contributed by atoms with Gasteiger partial charge in [0.1, 0.15) is 0 Å². The van der Waals surface area contributed by atoms with Gasteiger partial charge in [0.2, 0.25) is 17.6 Å². The van der Waals surface area contributed by atoms with Gasteiger partial charge in [-0.1, -0.05) is 28.9 Å². The zero-order valence-corrected chi connectivity index (χ0v) is 21.2. The number of likely N-dealkylation sites (tertiary alicyclic amines) is 1. The summed E-state index contributed by atoms with van der Waals surface area (Å²) in [5, 5.41) is 4.79. The van der Waals surface area contributed by atoms with Gasteiger partial charge in [0.05, 0.1) is 12.5 Å². The molecule has 0 radical (unpaired) electrons. The minimum absolute atomic E-state index is 0.0228. The third-order valence-electron chi connectivity index (χ3n) is 7.29. The van der Waals surface area contributed by atoms with Crippen molar-refractivity contribution in [2.75, 3.05) is 44.2 Å². The minimum atomic E-state index is 0.0228. The fraction of sp³-hybridized carbons (Fsp3) is 0.444. The van der Waals surface area contributed by atoms with E-state index in [1.165, 1.54) is 16.8 Å². The van der Waals surface area contributed by atoms with Crippen molar-refractivity contribution in [3.63, 3.8) is 0 Å². The number of benzene rings is 2. The van der Waals surface area contributed by atoms with Crippen molar-refractivity contribution in [2.45, 2.75) is 33.2 Å². The Balaban J connectivity index is 1.16. The molecule has 0 bridgehead atoms. The van der Waals surface area contributed by atoms with Crippen LogP contribution in [-0.2, 0) is 11.3 Å². The lowest BCUT2D eigenvalue weighted by atomic mass is 9.96. The second-order valence-corrected chi connectivity index (χ2v) is 10.1. The molecule has 2 saturated heterocycles. The van der Waals surface area contributed by atoms with E-state index in [0.717, 1.165) is 57.7 Å². The van der Waals surface area contributed by atoms with Crippen LogP contribution >= 0.6 is 11.6 Å². The van der Waals surface area contributed by atoms with E-state index in [-0.39, 0.29) is 11.8 Å². The first-order valence-corrected chi connectivity index (χ1v) is 12.8. The Morgan fingerprint density at radius 3 is 2.60 bits per heavy atom. The smallest absolute Gasteiger partial charge is 0.241 e. The standard InChI is InChI=1S/C27H32ClN5O2/c1-19-5-3-7-24(20(19)2)32-13-15-33(16-14-32)27(34)22-6-4-12-31(17-22)18-25-29-26(30-35-25)21-8-10-23(28)11-9-21/h3,5,7-11,22H,4,6,12-18H2,1-2H3. The maximum absolute atomic E-state index is 13.4. The summed E-state index contributed by atoms with van der Waals surface area (Å²) >= 11 is 5.97. The molecule has 1 unspecified atom stereocenters. The molecule has 0 N–H and O–H groups in total. The SMILES string of the molecule is Cc1cccc(N2CCN(C(=O)C3CCCN(Cc4nc(-c5ccc(Cl)cc5)no4)C3)CC2)c1C. The van der Waals surface area contributed by atoms with Gasteiger partial charge in [-0.2, -0.15) is 4.98 Å². The fourth-order valence-corrected chi connectivity index (χ4v) is 5.26. The monoisotopic (exact) mass is 493 g/mol. The lowest BCUT2D eigenvalue weighted by Crippen LogP contribution is -2.52. The summed E-state index contributed by atoms with van der Waals surface area (Å²) in [6, 6.07) is 13.9. The molecule has 7 nitrogen and oxygen atoms in total. The van der Waals surface area contributed by atoms with Gasteiger partial charge in [-0.25, -0.2) is 0 Å². The molecule has 0 saturated carbocycles. The van der Waals surface area contributed by atoms with E-state index >= 15 is 0 Å². The Kier molecular flexibility index (Phi) is 7.07. The van der Waals surface area contributed by atoms with Crippen molar-refractivity contribution >= 4 is 23.2 Å². The van der Waals surface area contributed by atoms with Crippen molar-refractivity contribution < 1.29 is 9.32 Å². The van der Waals surface area contributed by atoms with Crippen LogP contribution in [0.25, 0.3) is 11.4 Å². The first-order valence-electron chi connectivity index (χ1n) is 12.4. The Bertz CT molecular complexity index is 1170. The summed E-state index contributed by atoms with van der Waals surface area (Å²) in [6.07, 6.45) is 1.93. The molecule has 1 amide bonds. The number of hydrogen-bond donors (Lipinski definition) is 0. The van der Waals surface area contributed by atoms with Gasteiger partial charge in [-0.3, -0.25) is 9.69 Å². The van der Waals surface area contributed by atoms with E-state index in [9.17, 15) is 4.79 Å². The van der Waals surface area contributed by atoms with Crippen LogP contribution in [0.2, 0.25) is 5.02 Å². The number of rotatable bonds is 5. The highest BCUT2D eigenvalue weighted by atomic mass is 35.5. The molecular formula is C27H32ClN5O2. The second kappa shape index (κ2) is 10.4. The summed E-state index contributed by atoms with van der Waals surface area (Å²) in [7, 11) is 0. The highest BCUT2D eigenvalue weighted by Crippen LogP contribution is 2.26. The Labute approximate surface area is 211 Å². The van der Waals surface area contributed by atoms with Crippen LogP contribution in [0.3, 0.4) is 0 Å².